The largest absolute Gasteiger partial charge is 0.494 e. The van der Waals surface area contributed by atoms with Gasteiger partial charge in [0, 0.05) is 48.3 Å². The number of aliphatic hydroxyl groups excluding tert-OH is 4. The summed E-state index contributed by atoms with van der Waals surface area (Å²) in [6.07, 6.45) is -8.13. The average molecular weight is 656 g/mol. The number of nitrogens with zero attached hydrogens (tertiary/aromatic N) is 3. The number of rotatable bonds is 7. The van der Waals surface area contributed by atoms with Crippen molar-refractivity contribution in [2.24, 2.45) is 4.99 Å². The Morgan fingerprint density at radius 3 is 2.19 bits per heavy atom. The summed E-state index contributed by atoms with van der Waals surface area (Å²) in [4.78, 5) is 25.0. The van der Waals surface area contributed by atoms with E-state index >= 15 is 0 Å². The van der Waals surface area contributed by atoms with E-state index in [4.69, 9.17) is 14.3 Å². The van der Waals surface area contributed by atoms with Crippen molar-refractivity contribution in [2.75, 3.05) is 45.1 Å². The minimum absolute atomic E-state index is 0.0708. The molecule has 7 N–H and O–H groups in total. The van der Waals surface area contributed by atoms with E-state index < -0.39 is 43.7 Å². The molecule has 1 aromatic heterocycles. The molecule has 3 fully saturated rings. The van der Waals surface area contributed by atoms with Crippen LogP contribution in [0.5, 0.6) is 5.88 Å². The SMILES string of the molecule is CN1CCN(CC(=O)Nc2ccc(N=C(c3ccccc3)c3c(O)[nH]c4cc(B5O[C@@H]6[C@H](O)[C@@H](O)[C@H](O)[C@@H](O)[C@@H]6O5)ccc34)cc2)CC1. The number of aromatic amines is 1. The third kappa shape index (κ3) is 6.36. The number of aliphatic hydroxyl groups is 4. The number of aromatic nitrogens is 1. The van der Waals surface area contributed by atoms with Crippen LogP contribution in [-0.2, 0) is 14.1 Å². The molecule has 48 heavy (non-hydrogen) atoms. The lowest BCUT2D eigenvalue weighted by atomic mass is 9.79. The van der Waals surface area contributed by atoms with Gasteiger partial charge in [-0.2, -0.15) is 0 Å². The highest BCUT2D eigenvalue weighted by molar-refractivity contribution is 6.62. The van der Waals surface area contributed by atoms with Gasteiger partial charge in [0.05, 0.1) is 35.7 Å². The van der Waals surface area contributed by atoms with Gasteiger partial charge in [-0.3, -0.25) is 9.69 Å². The molecule has 0 spiro atoms. The van der Waals surface area contributed by atoms with Crippen LogP contribution in [0.2, 0.25) is 0 Å². The first kappa shape index (κ1) is 32.4. The summed E-state index contributed by atoms with van der Waals surface area (Å²) in [6, 6.07) is 22.0. The molecule has 2 aliphatic heterocycles. The fourth-order valence-corrected chi connectivity index (χ4v) is 6.58. The molecule has 6 atom stereocenters. The zero-order valence-corrected chi connectivity index (χ0v) is 26.3. The molecule has 1 aliphatic carbocycles. The van der Waals surface area contributed by atoms with Crippen LogP contribution in [0.1, 0.15) is 11.1 Å². The number of likely N-dealkylation sites (N-methyl/N-ethyl adjacent to an activating group) is 1. The summed E-state index contributed by atoms with van der Waals surface area (Å²) < 4.78 is 11.8. The molecule has 250 valence electrons. The lowest BCUT2D eigenvalue weighted by Gasteiger charge is -2.39. The minimum atomic E-state index is -1.58. The summed E-state index contributed by atoms with van der Waals surface area (Å²) in [7, 11) is 1.08. The molecule has 13 nitrogen and oxygen atoms in total. The number of hydrogen-bond donors (Lipinski definition) is 7. The molecular formula is C34H38BN5O8. The van der Waals surface area contributed by atoms with Crippen LogP contribution < -0.4 is 10.8 Å². The average Bonchev–Trinajstić information content (AvgIpc) is 3.68. The lowest BCUT2D eigenvalue weighted by molar-refractivity contribution is -0.192. The Morgan fingerprint density at radius 1 is 0.896 bits per heavy atom. The number of carbonyl (C=O) groups is 1. The number of H-pyrrole nitrogens is 1. The van der Waals surface area contributed by atoms with Crippen LogP contribution in [0.15, 0.2) is 77.8 Å². The van der Waals surface area contributed by atoms with Crippen molar-refractivity contribution in [2.45, 2.75) is 36.6 Å². The summed E-state index contributed by atoms with van der Waals surface area (Å²) in [5.74, 6) is -0.171. The molecule has 1 amide bonds. The Balaban J connectivity index is 1.14. The highest BCUT2D eigenvalue weighted by Gasteiger charge is 2.56. The van der Waals surface area contributed by atoms with Crippen molar-refractivity contribution in [1.29, 1.82) is 0 Å². The summed E-state index contributed by atoms with van der Waals surface area (Å²) in [5.41, 5.74) is 4.15. The molecule has 4 aromatic rings. The molecule has 3 aliphatic rings. The molecule has 7 rings (SSSR count). The van der Waals surface area contributed by atoms with Crippen molar-refractivity contribution in [1.82, 2.24) is 14.8 Å². The van der Waals surface area contributed by atoms with Gasteiger partial charge < -0.3 is 50.0 Å². The Morgan fingerprint density at radius 2 is 1.54 bits per heavy atom. The standard InChI is InChI=1S/C34H38BN5O8/c1-39-13-15-40(16-14-39)18-25(41)36-21-8-10-22(11-9-21)37-27(19-5-3-2-4-6-19)26-23-12-7-20(17-24(23)38-34(26)46)35-47-32-30(44)28(42)29(43)31(45)33(32)48-35/h2-12,17,28-33,38,42-46H,13-16,18H2,1H3,(H,36,41)/t28-,29-,30+,31+,32-,33+/m0/s1. The van der Waals surface area contributed by atoms with Gasteiger partial charge in [-0.05, 0) is 42.8 Å². The zero-order chi connectivity index (χ0) is 33.5. The summed E-state index contributed by atoms with van der Waals surface area (Å²) in [5, 5.41) is 55.9. The van der Waals surface area contributed by atoms with Crippen LogP contribution >= 0.6 is 0 Å². The maximum atomic E-state index is 12.7. The smallest absolute Gasteiger partial charge is 0.494 e. The van der Waals surface area contributed by atoms with E-state index in [2.05, 4.69) is 27.1 Å². The maximum absolute atomic E-state index is 12.7. The topological polar surface area (TPSA) is 183 Å². The van der Waals surface area contributed by atoms with E-state index in [1.165, 1.54) is 0 Å². The molecule has 1 saturated carbocycles. The van der Waals surface area contributed by atoms with E-state index in [9.17, 15) is 30.3 Å². The molecule has 0 radical (unpaired) electrons. The van der Waals surface area contributed by atoms with Gasteiger partial charge in [-0.15, -0.1) is 0 Å². The molecule has 2 saturated heterocycles. The van der Waals surface area contributed by atoms with Crippen LogP contribution in [0.4, 0.5) is 11.4 Å². The number of piperazine rings is 1. The first-order valence-corrected chi connectivity index (χ1v) is 16.0. The summed E-state index contributed by atoms with van der Waals surface area (Å²) in [6.45, 7) is 3.93. The molecule has 3 aromatic carbocycles. The Kier molecular flexibility index (Phi) is 9.07. The van der Waals surface area contributed by atoms with E-state index in [1.807, 2.05) is 42.5 Å². The second kappa shape index (κ2) is 13.4. The predicted molar refractivity (Wildman–Crippen MR) is 180 cm³/mol. The van der Waals surface area contributed by atoms with Crippen LogP contribution in [0.3, 0.4) is 0 Å². The van der Waals surface area contributed by atoms with Crippen LogP contribution in [0.25, 0.3) is 10.9 Å². The third-order valence-electron chi connectivity index (χ3n) is 9.32. The molecule has 0 bridgehead atoms. The highest BCUT2D eigenvalue weighted by Crippen LogP contribution is 2.34. The van der Waals surface area contributed by atoms with Gasteiger partial charge in [-0.1, -0.05) is 42.5 Å². The number of nitrogens with one attached hydrogen (secondary N) is 2. The lowest BCUT2D eigenvalue weighted by Crippen LogP contribution is -2.62. The monoisotopic (exact) mass is 655 g/mol. The third-order valence-corrected chi connectivity index (χ3v) is 9.32. The van der Waals surface area contributed by atoms with Gasteiger partial charge in [0.25, 0.3) is 0 Å². The molecule has 14 heteroatoms. The normalized spacial score (nSPS) is 26.9. The van der Waals surface area contributed by atoms with Crippen molar-refractivity contribution in [3.05, 3.63) is 83.9 Å². The number of aliphatic imine (C=N–C) groups is 1. The fraction of sp³-hybridized carbons (Fsp3) is 0.353. The van der Waals surface area contributed by atoms with Gasteiger partial charge in [0.15, 0.2) is 5.88 Å². The number of aromatic hydroxyl groups is 1. The Hall–Kier alpha value is -4.12. The van der Waals surface area contributed by atoms with Crippen molar-refractivity contribution >= 4 is 46.5 Å². The Labute approximate surface area is 277 Å². The maximum Gasteiger partial charge on any atom is 0.494 e. The second-order valence-corrected chi connectivity index (χ2v) is 12.7. The van der Waals surface area contributed by atoms with E-state index in [0.717, 1.165) is 31.7 Å². The first-order chi connectivity index (χ1) is 23.2. The minimum Gasteiger partial charge on any atom is -0.494 e. The highest BCUT2D eigenvalue weighted by atomic mass is 16.7. The van der Waals surface area contributed by atoms with E-state index in [1.54, 1.807) is 30.3 Å². The fourth-order valence-electron chi connectivity index (χ4n) is 6.58. The van der Waals surface area contributed by atoms with Crippen molar-refractivity contribution in [3.8, 4) is 5.88 Å². The number of fused-ring (bicyclic) bond motifs is 2. The number of anilines is 1. The van der Waals surface area contributed by atoms with E-state index in [0.29, 0.717) is 45.6 Å². The molecule has 3 heterocycles. The second-order valence-electron chi connectivity index (χ2n) is 12.7. The van der Waals surface area contributed by atoms with Crippen LogP contribution in [0, 0.1) is 0 Å². The quantitative estimate of drug-likeness (QED) is 0.107. The van der Waals surface area contributed by atoms with Gasteiger partial charge in [0.2, 0.25) is 5.91 Å². The number of amides is 1. The molecule has 0 unspecified atom stereocenters. The van der Waals surface area contributed by atoms with Crippen molar-refractivity contribution in [3.63, 3.8) is 0 Å². The predicted octanol–water partition coefficient (Wildman–Crippen LogP) is 0.165. The van der Waals surface area contributed by atoms with Gasteiger partial charge in [-0.25, -0.2) is 4.99 Å². The number of benzene rings is 3. The number of carbonyl (C=O) groups excluding carboxylic acids is 1. The number of hydrogen-bond acceptors (Lipinski definition) is 11. The van der Waals surface area contributed by atoms with Crippen LogP contribution in [-0.4, -0.2) is 135 Å². The first-order valence-electron chi connectivity index (χ1n) is 16.0. The van der Waals surface area contributed by atoms with Crippen molar-refractivity contribution < 1.29 is 39.6 Å². The Bertz CT molecular complexity index is 1770. The zero-order valence-electron chi connectivity index (χ0n) is 26.3. The van der Waals surface area contributed by atoms with E-state index in [-0.39, 0.29) is 11.8 Å². The molecular weight excluding hydrogens is 617 g/mol. The van der Waals surface area contributed by atoms with Gasteiger partial charge >= 0.3 is 7.12 Å². The van der Waals surface area contributed by atoms with Gasteiger partial charge in [0.1, 0.15) is 24.4 Å². The summed E-state index contributed by atoms with van der Waals surface area (Å²) >= 11 is 0.